The Kier molecular flexibility index (Phi) is 4.00. The predicted molar refractivity (Wildman–Crippen MR) is 66.8 cm³/mol. The number of rotatable bonds is 5. The first-order valence-corrected chi connectivity index (χ1v) is 6.01. The molecule has 0 aliphatic rings. The summed E-state index contributed by atoms with van der Waals surface area (Å²) in [5.41, 5.74) is 2.66. The lowest BCUT2D eigenvalue weighted by molar-refractivity contribution is 0.796. The standard InChI is InChI=1S/C13H15ClN2/c14-7-1-2-12-3-5-13(6-4-12)10-16-9-8-15-11-16/h3-6,8-9,11H,1-2,7,10H2. The predicted octanol–water partition coefficient (Wildman–Crippen LogP) is 3.10. The van der Waals surface area contributed by atoms with Crippen molar-refractivity contribution in [3.63, 3.8) is 0 Å². The molecule has 0 amide bonds. The second kappa shape index (κ2) is 5.71. The average Bonchev–Trinajstić information content (AvgIpc) is 2.81. The minimum absolute atomic E-state index is 0.733. The van der Waals surface area contributed by atoms with Crippen molar-refractivity contribution < 1.29 is 0 Å². The van der Waals surface area contributed by atoms with E-state index in [-0.39, 0.29) is 0 Å². The fourth-order valence-corrected chi connectivity index (χ4v) is 1.81. The number of aryl methyl sites for hydroxylation is 1. The first kappa shape index (κ1) is 11.2. The molecular formula is C13H15ClN2. The van der Waals surface area contributed by atoms with Gasteiger partial charge in [-0.05, 0) is 24.0 Å². The molecule has 0 saturated heterocycles. The summed E-state index contributed by atoms with van der Waals surface area (Å²) < 4.78 is 2.06. The van der Waals surface area contributed by atoms with Gasteiger partial charge < -0.3 is 4.57 Å². The number of benzene rings is 1. The smallest absolute Gasteiger partial charge is 0.0949 e. The second-order valence-electron chi connectivity index (χ2n) is 3.84. The SMILES string of the molecule is ClCCCc1ccc(Cn2ccnc2)cc1. The zero-order chi connectivity index (χ0) is 11.2. The van der Waals surface area contributed by atoms with Crippen molar-refractivity contribution in [2.75, 3.05) is 5.88 Å². The molecule has 1 aromatic heterocycles. The number of nitrogens with zero attached hydrogens (tertiary/aromatic N) is 2. The van der Waals surface area contributed by atoms with Crippen LogP contribution in [0.15, 0.2) is 43.0 Å². The molecule has 2 nitrogen and oxygen atoms in total. The average molecular weight is 235 g/mol. The Morgan fingerprint density at radius 2 is 1.88 bits per heavy atom. The molecule has 0 bridgehead atoms. The molecule has 0 aliphatic carbocycles. The largest absolute Gasteiger partial charge is 0.333 e. The van der Waals surface area contributed by atoms with Crippen molar-refractivity contribution in [3.05, 3.63) is 54.1 Å². The van der Waals surface area contributed by atoms with Crippen LogP contribution in [0.5, 0.6) is 0 Å². The first-order chi connectivity index (χ1) is 7.88. The Bertz CT molecular complexity index is 406. The van der Waals surface area contributed by atoms with Gasteiger partial charge in [-0.2, -0.15) is 0 Å². The summed E-state index contributed by atoms with van der Waals surface area (Å²) in [5, 5.41) is 0. The van der Waals surface area contributed by atoms with Crippen molar-refractivity contribution in [2.24, 2.45) is 0 Å². The zero-order valence-corrected chi connectivity index (χ0v) is 9.90. The molecule has 0 aliphatic heterocycles. The summed E-state index contributed by atoms with van der Waals surface area (Å²) in [4.78, 5) is 4.02. The maximum Gasteiger partial charge on any atom is 0.0949 e. The molecule has 0 spiro atoms. The maximum absolute atomic E-state index is 5.67. The lowest BCUT2D eigenvalue weighted by Gasteiger charge is -2.04. The molecular weight excluding hydrogens is 220 g/mol. The van der Waals surface area contributed by atoms with Crippen LogP contribution in [0, 0.1) is 0 Å². The molecule has 0 N–H and O–H groups in total. The van der Waals surface area contributed by atoms with Gasteiger partial charge in [-0.15, -0.1) is 11.6 Å². The number of aromatic nitrogens is 2. The highest BCUT2D eigenvalue weighted by atomic mass is 35.5. The monoisotopic (exact) mass is 234 g/mol. The zero-order valence-electron chi connectivity index (χ0n) is 9.14. The Morgan fingerprint density at radius 3 is 2.50 bits per heavy atom. The molecule has 2 aromatic rings. The van der Waals surface area contributed by atoms with Crippen molar-refractivity contribution in [1.29, 1.82) is 0 Å². The highest BCUT2D eigenvalue weighted by Gasteiger charge is 1.96. The van der Waals surface area contributed by atoms with E-state index >= 15 is 0 Å². The van der Waals surface area contributed by atoms with Crippen LogP contribution >= 0.6 is 11.6 Å². The van der Waals surface area contributed by atoms with E-state index in [0.29, 0.717) is 0 Å². The molecule has 0 atom stereocenters. The molecule has 0 saturated carbocycles. The summed E-state index contributed by atoms with van der Waals surface area (Å²) in [7, 11) is 0. The van der Waals surface area contributed by atoms with E-state index in [1.165, 1.54) is 11.1 Å². The highest BCUT2D eigenvalue weighted by molar-refractivity contribution is 6.17. The van der Waals surface area contributed by atoms with Crippen molar-refractivity contribution in [1.82, 2.24) is 9.55 Å². The normalized spacial score (nSPS) is 10.6. The molecule has 1 aromatic carbocycles. The first-order valence-electron chi connectivity index (χ1n) is 5.48. The van der Waals surface area contributed by atoms with Gasteiger partial charge >= 0.3 is 0 Å². The van der Waals surface area contributed by atoms with Crippen LogP contribution in [0.25, 0.3) is 0 Å². The maximum atomic E-state index is 5.67. The van der Waals surface area contributed by atoms with E-state index in [4.69, 9.17) is 11.6 Å². The van der Waals surface area contributed by atoms with Crippen LogP contribution < -0.4 is 0 Å². The topological polar surface area (TPSA) is 17.8 Å². The Morgan fingerprint density at radius 1 is 1.12 bits per heavy atom. The molecule has 0 unspecified atom stereocenters. The van der Waals surface area contributed by atoms with E-state index in [1.807, 2.05) is 12.5 Å². The van der Waals surface area contributed by atoms with Crippen LogP contribution in [0.1, 0.15) is 17.5 Å². The summed E-state index contributed by atoms with van der Waals surface area (Å²) in [6.45, 7) is 0.885. The van der Waals surface area contributed by atoms with Crippen LogP contribution in [0.4, 0.5) is 0 Å². The van der Waals surface area contributed by atoms with Crippen LogP contribution in [0.2, 0.25) is 0 Å². The summed E-state index contributed by atoms with van der Waals surface area (Å²) in [5.74, 6) is 0.733. The van der Waals surface area contributed by atoms with Gasteiger partial charge in [0.2, 0.25) is 0 Å². The number of imidazole rings is 1. The van der Waals surface area contributed by atoms with E-state index in [9.17, 15) is 0 Å². The van der Waals surface area contributed by atoms with E-state index < -0.39 is 0 Å². The van der Waals surface area contributed by atoms with Crippen LogP contribution in [-0.2, 0) is 13.0 Å². The summed E-state index contributed by atoms with van der Waals surface area (Å²) in [6, 6.07) is 8.70. The van der Waals surface area contributed by atoms with Gasteiger partial charge in [0.1, 0.15) is 0 Å². The summed E-state index contributed by atoms with van der Waals surface area (Å²) in [6.07, 6.45) is 7.72. The second-order valence-corrected chi connectivity index (χ2v) is 4.22. The van der Waals surface area contributed by atoms with Crippen LogP contribution in [0.3, 0.4) is 0 Å². The molecule has 16 heavy (non-hydrogen) atoms. The van der Waals surface area contributed by atoms with E-state index in [0.717, 1.165) is 25.3 Å². The van der Waals surface area contributed by atoms with Gasteiger partial charge in [-0.1, -0.05) is 24.3 Å². The molecule has 0 fully saturated rings. The molecule has 0 radical (unpaired) electrons. The number of hydrogen-bond donors (Lipinski definition) is 0. The molecule has 84 valence electrons. The third-order valence-electron chi connectivity index (χ3n) is 2.55. The van der Waals surface area contributed by atoms with Gasteiger partial charge in [-0.3, -0.25) is 0 Å². The fraction of sp³-hybridized carbons (Fsp3) is 0.308. The Balaban J connectivity index is 1.96. The van der Waals surface area contributed by atoms with E-state index in [1.54, 1.807) is 6.20 Å². The quantitative estimate of drug-likeness (QED) is 0.727. The van der Waals surface area contributed by atoms with Crippen molar-refractivity contribution in [2.45, 2.75) is 19.4 Å². The molecule has 3 heteroatoms. The number of halogens is 1. The van der Waals surface area contributed by atoms with Gasteiger partial charge in [0.25, 0.3) is 0 Å². The third-order valence-corrected chi connectivity index (χ3v) is 2.81. The lowest BCUT2D eigenvalue weighted by atomic mass is 10.1. The van der Waals surface area contributed by atoms with Gasteiger partial charge in [0, 0.05) is 24.8 Å². The van der Waals surface area contributed by atoms with Gasteiger partial charge in [-0.25, -0.2) is 4.98 Å². The third kappa shape index (κ3) is 3.11. The highest BCUT2D eigenvalue weighted by Crippen LogP contribution is 2.08. The number of hydrogen-bond acceptors (Lipinski definition) is 1. The van der Waals surface area contributed by atoms with Crippen LogP contribution in [-0.4, -0.2) is 15.4 Å². The lowest BCUT2D eigenvalue weighted by Crippen LogP contribution is -1.96. The summed E-state index contributed by atoms with van der Waals surface area (Å²) >= 11 is 5.67. The fourth-order valence-electron chi connectivity index (χ4n) is 1.67. The minimum atomic E-state index is 0.733. The Hall–Kier alpha value is -1.28. The van der Waals surface area contributed by atoms with Crippen molar-refractivity contribution >= 4 is 11.6 Å². The minimum Gasteiger partial charge on any atom is -0.333 e. The van der Waals surface area contributed by atoms with Gasteiger partial charge in [0.15, 0.2) is 0 Å². The molecule has 1 heterocycles. The number of alkyl halides is 1. The molecule has 2 rings (SSSR count). The van der Waals surface area contributed by atoms with Crippen molar-refractivity contribution in [3.8, 4) is 0 Å². The van der Waals surface area contributed by atoms with E-state index in [2.05, 4.69) is 33.8 Å². The van der Waals surface area contributed by atoms with Gasteiger partial charge in [0.05, 0.1) is 6.33 Å². The Labute approximate surface area is 101 Å².